The molecule has 1 aromatic carbocycles. The highest BCUT2D eigenvalue weighted by molar-refractivity contribution is 5.78. The second kappa shape index (κ2) is 6.12. The number of carbonyl (C=O) groups excluding carboxylic acids is 1. The van der Waals surface area contributed by atoms with Gasteiger partial charge in [-0.3, -0.25) is 9.69 Å². The molecular weight excluding hydrogens is 226 g/mol. The summed E-state index contributed by atoms with van der Waals surface area (Å²) in [7, 11) is 0. The van der Waals surface area contributed by atoms with Gasteiger partial charge in [0.2, 0.25) is 0 Å². The summed E-state index contributed by atoms with van der Waals surface area (Å²) >= 11 is 0. The molecule has 0 amide bonds. The van der Waals surface area contributed by atoms with E-state index in [-0.39, 0.29) is 11.7 Å². The van der Waals surface area contributed by atoms with Crippen molar-refractivity contribution in [2.75, 3.05) is 19.6 Å². The first-order chi connectivity index (χ1) is 8.66. The number of ketones is 1. The van der Waals surface area contributed by atoms with Gasteiger partial charge in [-0.1, -0.05) is 30.3 Å². The third kappa shape index (κ3) is 3.40. The molecule has 0 radical (unpaired) electrons. The van der Waals surface area contributed by atoms with E-state index in [4.69, 9.17) is 0 Å². The monoisotopic (exact) mass is 247 g/mol. The Labute approximate surface area is 108 Å². The molecule has 0 aliphatic carbocycles. The minimum Gasteiger partial charge on any atom is -0.387 e. The molecule has 18 heavy (non-hydrogen) atoms. The number of hydrogen-bond acceptors (Lipinski definition) is 3. The number of nitrogens with zero attached hydrogens (tertiary/aromatic N) is 1. The van der Waals surface area contributed by atoms with Crippen molar-refractivity contribution in [3.63, 3.8) is 0 Å². The zero-order chi connectivity index (χ0) is 13.0. The number of hydrogen-bond donors (Lipinski definition) is 1. The van der Waals surface area contributed by atoms with Gasteiger partial charge in [0.1, 0.15) is 5.78 Å². The molecule has 1 aliphatic heterocycles. The molecular formula is C15H21NO2. The summed E-state index contributed by atoms with van der Waals surface area (Å²) < 4.78 is 0. The second-order valence-electron chi connectivity index (χ2n) is 5.14. The Morgan fingerprint density at radius 3 is 2.83 bits per heavy atom. The highest BCUT2D eigenvalue weighted by atomic mass is 16.3. The predicted molar refractivity (Wildman–Crippen MR) is 71.2 cm³/mol. The fraction of sp³-hybridized carbons (Fsp3) is 0.533. The second-order valence-corrected chi connectivity index (χ2v) is 5.14. The van der Waals surface area contributed by atoms with Crippen molar-refractivity contribution in [2.24, 2.45) is 5.92 Å². The number of aliphatic hydroxyl groups is 1. The lowest BCUT2D eigenvalue weighted by molar-refractivity contribution is -0.122. The fourth-order valence-electron chi connectivity index (χ4n) is 2.58. The van der Waals surface area contributed by atoms with E-state index in [1.165, 1.54) is 0 Å². The molecule has 3 nitrogen and oxygen atoms in total. The molecule has 3 heteroatoms. The van der Waals surface area contributed by atoms with Crippen LogP contribution in [-0.2, 0) is 4.79 Å². The summed E-state index contributed by atoms with van der Waals surface area (Å²) in [5.74, 6) is 0.427. The Kier molecular flexibility index (Phi) is 4.50. The van der Waals surface area contributed by atoms with Gasteiger partial charge in [-0.05, 0) is 31.9 Å². The SMILES string of the molecule is CC(=O)C1CCCN(CC(O)c2ccccc2)C1. The molecule has 1 fully saturated rings. The van der Waals surface area contributed by atoms with Crippen LogP contribution in [0.25, 0.3) is 0 Å². The van der Waals surface area contributed by atoms with Crippen molar-refractivity contribution in [1.82, 2.24) is 4.90 Å². The van der Waals surface area contributed by atoms with Gasteiger partial charge >= 0.3 is 0 Å². The number of Topliss-reactive ketones (excluding diaryl/α,β-unsaturated/α-hetero) is 1. The van der Waals surface area contributed by atoms with Crippen LogP contribution in [0.3, 0.4) is 0 Å². The van der Waals surface area contributed by atoms with Crippen molar-refractivity contribution >= 4 is 5.78 Å². The van der Waals surface area contributed by atoms with E-state index in [1.54, 1.807) is 6.92 Å². The van der Waals surface area contributed by atoms with Crippen molar-refractivity contribution in [1.29, 1.82) is 0 Å². The molecule has 0 bridgehead atoms. The fourth-order valence-corrected chi connectivity index (χ4v) is 2.58. The molecule has 1 aromatic rings. The summed E-state index contributed by atoms with van der Waals surface area (Å²) in [6.07, 6.45) is 1.58. The van der Waals surface area contributed by atoms with E-state index in [2.05, 4.69) is 4.90 Å². The Bertz CT molecular complexity index is 391. The number of rotatable bonds is 4. The van der Waals surface area contributed by atoms with E-state index in [0.29, 0.717) is 6.54 Å². The van der Waals surface area contributed by atoms with Gasteiger partial charge in [-0.25, -0.2) is 0 Å². The normalized spacial score (nSPS) is 22.7. The minimum atomic E-state index is -0.461. The largest absolute Gasteiger partial charge is 0.387 e. The van der Waals surface area contributed by atoms with E-state index in [0.717, 1.165) is 31.5 Å². The van der Waals surface area contributed by atoms with Crippen LogP contribution < -0.4 is 0 Å². The quantitative estimate of drug-likeness (QED) is 0.885. The summed E-state index contributed by atoms with van der Waals surface area (Å²) in [6.45, 7) is 4.06. The van der Waals surface area contributed by atoms with Crippen LogP contribution in [0, 0.1) is 5.92 Å². The van der Waals surface area contributed by atoms with Gasteiger partial charge in [-0.2, -0.15) is 0 Å². The first kappa shape index (κ1) is 13.2. The lowest BCUT2D eigenvalue weighted by Gasteiger charge is -2.32. The highest BCUT2D eigenvalue weighted by Crippen LogP contribution is 2.20. The maximum atomic E-state index is 11.4. The van der Waals surface area contributed by atoms with Gasteiger partial charge in [0.25, 0.3) is 0 Å². The van der Waals surface area contributed by atoms with Crippen LogP contribution in [0.15, 0.2) is 30.3 Å². The Morgan fingerprint density at radius 2 is 2.17 bits per heavy atom. The van der Waals surface area contributed by atoms with Crippen LogP contribution in [0.5, 0.6) is 0 Å². The Morgan fingerprint density at radius 1 is 1.44 bits per heavy atom. The average molecular weight is 247 g/mol. The minimum absolute atomic E-state index is 0.154. The third-order valence-electron chi connectivity index (χ3n) is 3.70. The molecule has 2 atom stereocenters. The number of likely N-dealkylation sites (tertiary alicyclic amines) is 1. The molecule has 2 unspecified atom stereocenters. The molecule has 1 aliphatic rings. The van der Waals surface area contributed by atoms with E-state index in [9.17, 15) is 9.90 Å². The molecule has 1 N–H and O–H groups in total. The van der Waals surface area contributed by atoms with Crippen LogP contribution in [0.4, 0.5) is 0 Å². The number of aliphatic hydroxyl groups excluding tert-OH is 1. The van der Waals surface area contributed by atoms with Crippen LogP contribution in [-0.4, -0.2) is 35.4 Å². The Balaban J connectivity index is 1.91. The zero-order valence-electron chi connectivity index (χ0n) is 10.9. The predicted octanol–water partition coefficient (Wildman–Crippen LogP) is 2.02. The number of piperidine rings is 1. The molecule has 1 heterocycles. The molecule has 98 valence electrons. The number of carbonyl (C=O) groups is 1. The smallest absolute Gasteiger partial charge is 0.134 e. The van der Waals surface area contributed by atoms with Crippen molar-refractivity contribution in [3.05, 3.63) is 35.9 Å². The molecule has 0 spiro atoms. The van der Waals surface area contributed by atoms with Gasteiger partial charge < -0.3 is 5.11 Å². The van der Waals surface area contributed by atoms with Gasteiger partial charge in [0.15, 0.2) is 0 Å². The summed E-state index contributed by atoms with van der Waals surface area (Å²) in [5, 5.41) is 10.2. The van der Waals surface area contributed by atoms with E-state index in [1.807, 2.05) is 30.3 Å². The highest BCUT2D eigenvalue weighted by Gasteiger charge is 2.24. The topological polar surface area (TPSA) is 40.5 Å². The first-order valence-corrected chi connectivity index (χ1v) is 6.62. The van der Waals surface area contributed by atoms with Gasteiger partial charge in [0.05, 0.1) is 6.10 Å². The standard InChI is InChI=1S/C15H21NO2/c1-12(17)14-8-5-9-16(10-14)11-15(18)13-6-3-2-4-7-13/h2-4,6-7,14-15,18H,5,8-11H2,1H3. The van der Waals surface area contributed by atoms with Crippen LogP contribution in [0.2, 0.25) is 0 Å². The van der Waals surface area contributed by atoms with Crippen molar-refractivity contribution in [2.45, 2.75) is 25.9 Å². The van der Waals surface area contributed by atoms with Gasteiger partial charge in [-0.15, -0.1) is 0 Å². The van der Waals surface area contributed by atoms with E-state index < -0.39 is 6.10 Å². The molecule has 0 aromatic heterocycles. The zero-order valence-corrected chi connectivity index (χ0v) is 10.9. The summed E-state index contributed by atoms with van der Waals surface area (Å²) in [5.41, 5.74) is 0.947. The van der Waals surface area contributed by atoms with Crippen LogP contribution in [0.1, 0.15) is 31.4 Å². The lowest BCUT2D eigenvalue weighted by Crippen LogP contribution is -2.40. The average Bonchev–Trinajstić information content (AvgIpc) is 2.40. The van der Waals surface area contributed by atoms with E-state index >= 15 is 0 Å². The molecule has 2 rings (SSSR count). The van der Waals surface area contributed by atoms with Gasteiger partial charge in [0, 0.05) is 19.0 Å². The molecule has 0 saturated carbocycles. The Hall–Kier alpha value is -1.19. The van der Waals surface area contributed by atoms with Crippen LogP contribution >= 0.6 is 0 Å². The number of β-amino-alcohol motifs (C(OH)–C–C–N with tert-alkyl or cyclic N) is 1. The summed E-state index contributed by atoms with van der Waals surface area (Å²) in [4.78, 5) is 13.6. The molecule has 1 saturated heterocycles. The third-order valence-corrected chi connectivity index (χ3v) is 3.70. The van der Waals surface area contributed by atoms with Crippen molar-refractivity contribution in [3.8, 4) is 0 Å². The lowest BCUT2D eigenvalue weighted by atomic mass is 9.94. The number of benzene rings is 1. The van der Waals surface area contributed by atoms with Crippen molar-refractivity contribution < 1.29 is 9.90 Å². The maximum Gasteiger partial charge on any atom is 0.134 e. The maximum absolute atomic E-state index is 11.4. The first-order valence-electron chi connectivity index (χ1n) is 6.62. The summed E-state index contributed by atoms with van der Waals surface area (Å²) in [6, 6.07) is 9.71.